The molecule has 24 heavy (non-hydrogen) atoms. The highest BCUT2D eigenvalue weighted by Gasteiger charge is 1.95. The molecule has 0 fully saturated rings. The van der Waals surface area contributed by atoms with E-state index >= 15 is 0 Å². The number of unbranched alkanes of at least 4 members (excludes halogenated alkanes) is 16. The van der Waals surface area contributed by atoms with Crippen LogP contribution in [0.2, 0.25) is 0 Å². The maximum absolute atomic E-state index is 5.51. The lowest BCUT2D eigenvalue weighted by Crippen LogP contribution is -1.97. The second-order valence-electron chi connectivity index (χ2n) is 7.41. The molecule has 0 aliphatic rings. The van der Waals surface area contributed by atoms with E-state index in [0.29, 0.717) is 0 Å². The standard InChI is InChI=1S/C22H47NS/c1-2-3-4-5-6-7-9-12-15-18-21-24-22-19-16-13-10-8-11-14-17-20-23/h2-23H2,1H3. The summed E-state index contributed by atoms with van der Waals surface area (Å²) in [5.41, 5.74) is 5.51. The van der Waals surface area contributed by atoms with Crippen LogP contribution in [-0.4, -0.2) is 18.1 Å². The Balaban J connectivity index is 2.93. The maximum atomic E-state index is 5.51. The zero-order valence-electron chi connectivity index (χ0n) is 16.8. The normalized spacial score (nSPS) is 11.2. The van der Waals surface area contributed by atoms with Crippen LogP contribution in [0.1, 0.15) is 122 Å². The van der Waals surface area contributed by atoms with Gasteiger partial charge in [0.05, 0.1) is 0 Å². The van der Waals surface area contributed by atoms with Gasteiger partial charge < -0.3 is 5.73 Å². The molecule has 0 amide bonds. The number of hydrogen-bond donors (Lipinski definition) is 1. The highest BCUT2D eigenvalue weighted by Crippen LogP contribution is 2.14. The predicted octanol–water partition coefficient (Wildman–Crippen LogP) is 7.72. The predicted molar refractivity (Wildman–Crippen MR) is 115 cm³/mol. The Bertz CT molecular complexity index is 186. The third-order valence-corrected chi connectivity index (χ3v) is 6.04. The minimum absolute atomic E-state index is 0.871. The summed E-state index contributed by atoms with van der Waals surface area (Å²) in [6.07, 6.45) is 25.7. The van der Waals surface area contributed by atoms with Gasteiger partial charge in [-0.2, -0.15) is 11.8 Å². The van der Waals surface area contributed by atoms with Gasteiger partial charge in [0.1, 0.15) is 0 Å². The highest BCUT2D eigenvalue weighted by molar-refractivity contribution is 7.99. The van der Waals surface area contributed by atoms with Gasteiger partial charge in [-0.3, -0.25) is 0 Å². The van der Waals surface area contributed by atoms with Gasteiger partial charge in [-0.1, -0.05) is 103 Å². The largest absolute Gasteiger partial charge is 0.330 e. The Labute approximate surface area is 158 Å². The van der Waals surface area contributed by atoms with Crippen molar-refractivity contribution in [2.45, 2.75) is 122 Å². The monoisotopic (exact) mass is 357 g/mol. The van der Waals surface area contributed by atoms with Crippen molar-refractivity contribution in [1.82, 2.24) is 0 Å². The summed E-state index contributed by atoms with van der Waals surface area (Å²) in [7, 11) is 0. The first-order valence-electron chi connectivity index (χ1n) is 11.2. The molecule has 0 rings (SSSR count). The van der Waals surface area contributed by atoms with E-state index in [0.717, 1.165) is 6.54 Å². The molecule has 1 nitrogen and oxygen atoms in total. The first-order chi connectivity index (χ1) is 11.9. The lowest BCUT2D eigenvalue weighted by molar-refractivity contribution is 0.563. The molecule has 0 aliphatic heterocycles. The number of hydrogen-bond acceptors (Lipinski definition) is 2. The molecule has 0 bridgehead atoms. The third-order valence-electron chi connectivity index (χ3n) is 4.89. The van der Waals surface area contributed by atoms with Crippen molar-refractivity contribution < 1.29 is 0 Å². The number of thioether (sulfide) groups is 1. The summed E-state index contributed by atoms with van der Waals surface area (Å²) >= 11 is 2.19. The van der Waals surface area contributed by atoms with Crippen molar-refractivity contribution >= 4 is 11.8 Å². The molecule has 0 spiro atoms. The summed E-state index contributed by atoms with van der Waals surface area (Å²) in [5, 5.41) is 0. The lowest BCUT2D eigenvalue weighted by atomic mass is 10.1. The summed E-state index contributed by atoms with van der Waals surface area (Å²) in [6.45, 7) is 3.17. The van der Waals surface area contributed by atoms with E-state index in [9.17, 15) is 0 Å². The van der Waals surface area contributed by atoms with Gasteiger partial charge >= 0.3 is 0 Å². The topological polar surface area (TPSA) is 26.0 Å². The van der Waals surface area contributed by atoms with Crippen LogP contribution >= 0.6 is 11.8 Å². The van der Waals surface area contributed by atoms with E-state index < -0.39 is 0 Å². The summed E-state index contributed by atoms with van der Waals surface area (Å²) < 4.78 is 0. The molecule has 0 saturated carbocycles. The van der Waals surface area contributed by atoms with Gasteiger partial charge in [-0.15, -0.1) is 0 Å². The second kappa shape index (κ2) is 23.3. The fraction of sp³-hybridized carbons (Fsp3) is 1.00. The number of nitrogens with two attached hydrogens (primary N) is 1. The van der Waals surface area contributed by atoms with Crippen LogP contribution in [0.5, 0.6) is 0 Å². The summed E-state index contributed by atoms with van der Waals surface area (Å²) in [6, 6.07) is 0. The minimum Gasteiger partial charge on any atom is -0.330 e. The van der Waals surface area contributed by atoms with Gasteiger partial charge in [0, 0.05) is 0 Å². The van der Waals surface area contributed by atoms with Crippen LogP contribution in [0, 0.1) is 0 Å². The molecule has 0 aromatic carbocycles. The average Bonchev–Trinajstić information content (AvgIpc) is 2.60. The molecule has 2 heteroatoms. The molecule has 146 valence electrons. The Morgan fingerprint density at radius 3 is 1.17 bits per heavy atom. The Hall–Kier alpha value is 0.310. The quantitative estimate of drug-likeness (QED) is 0.213. The van der Waals surface area contributed by atoms with Crippen molar-refractivity contribution in [1.29, 1.82) is 0 Å². The number of rotatable bonds is 21. The minimum atomic E-state index is 0.871. The van der Waals surface area contributed by atoms with Gasteiger partial charge in [-0.05, 0) is 37.3 Å². The Morgan fingerprint density at radius 1 is 0.458 bits per heavy atom. The smallest absolute Gasteiger partial charge is 0.00675 e. The van der Waals surface area contributed by atoms with Crippen molar-refractivity contribution in [3.8, 4) is 0 Å². The molecule has 0 aromatic heterocycles. The van der Waals surface area contributed by atoms with E-state index in [-0.39, 0.29) is 0 Å². The molecular weight excluding hydrogens is 310 g/mol. The zero-order chi connectivity index (χ0) is 17.6. The van der Waals surface area contributed by atoms with Crippen LogP contribution in [0.3, 0.4) is 0 Å². The van der Waals surface area contributed by atoms with E-state index in [4.69, 9.17) is 5.73 Å². The molecule has 0 aliphatic carbocycles. The first kappa shape index (κ1) is 24.3. The van der Waals surface area contributed by atoms with Gasteiger partial charge in [0.2, 0.25) is 0 Å². The molecule has 0 unspecified atom stereocenters. The van der Waals surface area contributed by atoms with E-state index in [2.05, 4.69) is 18.7 Å². The third kappa shape index (κ3) is 22.3. The van der Waals surface area contributed by atoms with Gasteiger partial charge in [0.15, 0.2) is 0 Å². The van der Waals surface area contributed by atoms with Crippen LogP contribution in [0.15, 0.2) is 0 Å². The molecule has 0 saturated heterocycles. The first-order valence-corrected chi connectivity index (χ1v) is 12.3. The van der Waals surface area contributed by atoms with E-state index in [1.54, 1.807) is 0 Å². The SMILES string of the molecule is CCCCCCCCCCCCSCCCCCCCCCCN. The Morgan fingerprint density at radius 2 is 0.792 bits per heavy atom. The van der Waals surface area contributed by atoms with Crippen LogP contribution in [-0.2, 0) is 0 Å². The van der Waals surface area contributed by atoms with Crippen molar-refractivity contribution in [2.75, 3.05) is 18.1 Å². The molecule has 2 N–H and O–H groups in total. The average molecular weight is 358 g/mol. The van der Waals surface area contributed by atoms with Crippen molar-refractivity contribution in [3.05, 3.63) is 0 Å². The maximum Gasteiger partial charge on any atom is -0.00675 e. The second-order valence-corrected chi connectivity index (χ2v) is 8.64. The van der Waals surface area contributed by atoms with Crippen LogP contribution in [0.4, 0.5) is 0 Å². The van der Waals surface area contributed by atoms with E-state index in [1.165, 1.54) is 127 Å². The molecule has 0 heterocycles. The summed E-state index contributed by atoms with van der Waals surface area (Å²) in [4.78, 5) is 0. The molecular formula is C22H47NS. The van der Waals surface area contributed by atoms with Crippen LogP contribution < -0.4 is 5.73 Å². The molecule has 0 radical (unpaired) electrons. The molecule has 0 aromatic rings. The fourth-order valence-electron chi connectivity index (χ4n) is 3.20. The Kier molecular flexibility index (Phi) is 23.6. The van der Waals surface area contributed by atoms with E-state index in [1.807, 2.05) is 0 Å². The fourth-order valence-corrected chi connectivity index (χ4v) is 4.22. The lowest BCUT2D eigenvalue weighted by Gasteiger charge is -2.04. The van der Waals surface area contributed by atoms with Gasteiger partial charge in [0.25, 0.3) is 0 Å². The summed E-state index contributed by atoms with van der Waals surface area (Å²) in [5.74, 6) is 2.79. The highest BCUT2D eigenvalue weighted by atomic mass is 32.2. The molecule has 0 atom stereocenters. The van der Waals surface area contributed by atoms with Gasteiger partial charge in [-0.25, -0.2) is 0 Å². The van der Waals surface area contributed by atoms with Crippen molar-refractivity contribution in [2.24, 2.45) is 5.73 Å². The zero-order valence-corrected chi connectivity index (χ0v) is 17.7. The van der Waals surface area contributed by atoms with Crippen LogP contribution in [0.25, 0.3) is 0 Å². The van der Waals surface area contributed by atoms with Crippen molar-refractivity contribution in [3.63, 3.8) is 0 Å².